The van der Waals surface area contributed by atoms with Gasteiger partial charge in [-0.2, -0.15) is 0 Å². The summed E-state index contributed by atoms with van der Waals surface area (Å²) in [6.07, 6.45) is 2.72. The quantitative estimate of drug-likeness (QED) is 0.223. The van der Waals surface area contributed by atoms with E-state index in [0.717, 1.165) is 36.1 Å². The molecule has 0 bridgehead atoms. The molecule has 0 fully saturated rings. The summed E-state index contributed by atoms with van der Waals surface area (Å²) in [6, 6.07) is 11.4. The van der Waals surface area contributed by atoms with Crippen molar-refractivity contribution in [1.29, 1.82) is 0 Å². The van der Waals surface area contributed by atoms with Crippen molar-refractivity contribution >= 4 is 41.0 Å². The molecule has 28 heavy (non-hydrogen) atoms. The predicted octanol–water partition coefficient (Wildman–Crippen LogP) is 4.08. The maximum Gasteiger partial charge on any atom is 0.191 e. The van der Waals surface area contributed by atoms with Crippen LogP contribution in [0.1, 0.15) is 18.9 Å². The van der Waals surface area contributed by atoms with Gasteiger partial charge < -0.3 is 15.2 Å². The number of aromatic nitrogens is 2. The molecule has 0 aliphatic heterocycles. The number of nitrogens with one attached hydrogen (secondary N) is 2. The SMILES string of the molecule is CCNC(=NCc1cc(F)ccc1F)NCCCn1cnc2ccccc21.I. The van der Waals surface area contributed by atoms with Gasteiger partial charge in [0.2, 0.25) is 0 Å². The van der Waals surface area contributed by atoms with Crippen LogP contribution >= 0.6 is 24.0 Å². The van der Waals surface area contributed by atoms with E-state index in [9.17, 15) is 8.78 Å². The second kappa shape index (κ2) is 10.9. The minimum Gasteiger partial charge on any atom is -0.357 e. The Kier molecular flexibility index (Phi) is 8.62. The second-order valence-electron chi connectivity index (χ2n) is 6.14. The van der Waals surface area contributed by atoms with E-state index in [0.29, 0.717) is 19.0 Å². The van der Waals surface area contributed by atoms with Gasteiger partial charge >= 0.3 is 0 Å². The Morgan fingerprint density at radius 1 is 1.14 bits per heavy atom. The lowest BCUT2D eigenvalue weighted by atomic mass is 10.2. The molecule has 3 rings (SSSR count). The van der Waals surface area contributed by atoms with E-state index in [4.69, 9.17) is 0 Å². The molecule has 5 nitrogen and oxygen atoms in total. The van der Waals surface area contributed by atoms with Crippen molar-refractivity contribution in [1.82, 2.24) is 20.2 Å². The van der Waals surface area contributed by atoms with Crippen molar-refractivity contribution in [2.24, 2.45) is 4.99 Å². The zero-order valence-electron chi connectivity index (χ0n) is 15.7. The number of imidazole rings is 1. The fraction of sp³-hybridized carbons (Fsp3) is 0.300. The minimum atomic E-state index is -0.466. The van der Waals surface area contributed by atoms with Crippen LogP contribution in [0.2, 0.25) is 0 Å². The van der Waals surface area contributed by atoms with Gasteiger partial charge in [0.15, 0.2) is 5.96 Å². The summed E-state index contributed by atoms with van der Waals surface area (Å²) in [4.78, 5) is 8.72. The number of nitrogens with zero attached hydrogens (tertiary/aromatic N) is 3. The Balaban J connectivity index is 0.00000280. The highest BCUT2D eigenvalue weighted by Crippen LogP contribution is 2.12. The number of halogens is 3. The number of aliphatic imine (C=N–C) groups is 1. The van der Waals surface area contributed by atoms with Gasteiger partial charge in [-0.25, -0.2) is 18.8 Å². The summed E-state index contributed by atoms with van der Waals surface area (Å²) < 4.78 is 29.1. The fourth-order valence-corrected chi connectivity index (χ4v) is 2.82. The number of hydrogen-bond donors (Lipinski definition) is 2. The van der Waals surface area contributed by atoms with Gasteiger partial charge in [0.05, 0.1) is 23.9 Å². The molecule has 1 heterocycles. The van der Waals surface area contributed by atoms with Gasteiger partial charge in [-0.1, -0.05) is 12.1 Å². The van der Waals surface area contributed by atoms with Crippen molar-refractivity contribution < 1.29 is 8.78 Å². The normalized spacial score (nSPS) is 11.3. The Hall–Kier alpha value is -2.23. The predicted molar refractivity (Wildman–Crippen MR) is 119 cm³/mol. The minimum absolute atomic E-state index is 0. The van der Waals surface area contributed by atoms with Crippen molar-refractivity contribution in [2.45, 2.75) is 26.4 Å². The first kappa shape index (κ1) is 22.1. The molecule has 150 valence electrons. The van der Waals surface area contributed by atoms with E-state index >= 15 is 0 Å². The summed E-state index contributed by atoms with van der Waals surface area (Å²) >= 11 is 0. The van der Waals surface area contributed by atoms with Crippen LogP contribution in [0.25, 0.3) is 11.0 Å². The Bertz CT molecular complexity index is 926. The summed E-state index contributed by atoms with van der Waals surface area (Å²) in [5.74, 6) is -0.341. The molecule has 0 unspecified atom stereocenters. The third kappa shape index (κ3) is 5.88. The zero-order valence-corrected chi connectivity index (χ0v) is 18.0. The molecule has 0 spiro atoms. The number of aryl methyl sites for hydroxylation is 1. The third-order valence-corrected chi connectivity index (χ3v) is 4.16. The number of hydrogen-bond acceptors (Lipinski definition) is 2. The van der Waals surface area contributed by atoms with Crippen LogP contribution in [0.5, 0.6) is 0 Å². The van der Waals surface area contributed by atoms with Gasteiger partial charge in [-0.15, -0.1) is 24.0 Å². The second-order valence-corrected chi connectivity index (χ2v) is 6.14. The lowest BCUT2D eigenvalue weighted by Crippen LogP contribution is -2.38. The fourth-order valence-electron chi connectivity index (χ4n) is 2.82. The molecule has 2 N–H and O–H groups in total. The van der Waals surface area contributed by atoms with Crippen LogP contribution in [0, 0.1) is 11.6 Å². The van der Waals surface area contributed by atoms with Crippen molar-refractivity contribution in [3.8, 4) is 0 Å². The molecule has 1 aromatic heterocycles. The average molecular weight is 499 g/mol. The van der Waals surface area contributed by atoms with E-state index in [1.54, 1.807) is 0 Å². The molecule has 2 aromatic carbocycles. The van der Waals surface area contributed by atoms with E-state index in [1.165, 1.54) is 6.07 Å². The van der Waals surface area contributed by atoms with Gasteiger partial charge in [0.1, 0.15) is 11.6 Å². The van der Waals surface area contributed by atoms with Crippen LogP contribution in [-0.4, -0.2) is 28.6 Å². The first-order chi connectivity index (χ1) is 13.2. The lowest BCUT2D eigenvalue weighted by molar-refractivity contribution is 0.585. The monoisotopic (exact) mass is 499 g/mol. The molecule has 0 aliphatic carbocycles. The van der Waals surface area contributed by atoms with E-state index in [1.807, 2.05) is 31.5 Å². The number of fused-ring (bicyclic) bond motifs is 1. The van der Waals surface area contributed by atoms with Gasteiger partial charge in [0.25, 0.3) is 0 Å². The summed E-state index contributed by atoms with van der Waals surface area (Å²) in [5, 5.41) is 6.34. The standard InChI is InChI=1S/C20H23F2N5.HI/c1-2-23-20(25-13-15-12-16(21)8-9-17(15)22)24-10-5-11-27-14-26-18-6-3-4-7-19(18)27;/h3-4,6-9,12,14H,2,5,10-11,13H2,1H3,(H2,23,24,25);1H. The van der Waals surface area contributed by atoms with Gasteiger partial charge in [0, 0.05) is 25.2 Å². The van der Waals surface area contributed by atoms with Crippen LogP contribution in [0.3, 0.4) is 0 Å². The number of rotatable bonds is 7. The van der Waals surface area contributed by atoms with Crippen molar-refractivity contribution in [3.63, 3.8) is 0 Å². The van der Waals surface area contributed by atoms with Crippen molar-refractivity contribution in [2.75, 3.05) is 13.1 Å². The third-order valence-electron chi connectivity index (χ3n) is 4.16. The molecular weight excluding hydrogens is 475 g/mol. The van der Waals surface area contributed by atoms with Gasteiger partial charge in [-0.3, -0.25) is 0 Å². The maximum atomic E-state index is 13.7. The highest BCUT2D eigenvalue weighted by Gasteiger charge is 2.05. The van der Waals surface area contributed by atoms with Gasteiger partial charge in [-0.05, 0) is 43.7 Å². The summed E-state index contributed by atoms with van der Waals surface area (Å²) in [7, 11) is 0. The Morgan fingerprint density at radius 3 is 2.79 bits per heavy atom. The van der Waals surface area contributed by atoms with Crippen LogP contribution in [-0.2, 0) is 13.1 Å². The first-order valence-electron chi connectivity index (χ1n) is 9.03. The molecule has 8 heteroatoms. The Labute approximate surface area is 180 Å². The highest BCUT2D eigenvalue weighted by atomic mass is 127. The van der Waals surface area contributed by atoms with Crippen LogP contribution < -0.4 is 10.6 Å². The number of guanidine groups is 1. The van der Waals surface area contributed by atoms with E-state index < -0.39 is 11.6 Å². The molecule has 0 atom stereocenters. The highest BCUT2D eigenvalue weighted by molar-refractivity contribution is 14.0. The molecule has 0 radical (unpaired) electrons. The summed E-state index contributed by atoms with van der Waals surface area (Å²) in [6.45, 7) is 4.24. The number of para-hydroxylation sites is 2. The average Bonchev–Trinajstić information content (AvgIpc) is 3.09. The zero-order chi connectivity index (χ0) is 19.1. The molecule has 0 saturated carbocycles. The smallest absolute Gasteiger partial charge is 0.191 e. The number of benzene rings is 2. The van der Waals surface area contributed by atoms with E-state index in [2.05, 4.69) is 31.2 Å². The molecule has 0 saturated heterocycles. The van der Waals surface area contributed by atoms with Crippen LogP contribution in [0.15, 0.2) is 53.8 Å². The topological polar surface area (TPSA) is 54.2 Å². The maximum absolute atomic E-state index is 13.7. The van der Waals surface area contributed by atoms with E-state index in [-0.39, 0.29) is 36.1 Å². The van der Waals surface area contributed by atoms with Crippen LogP contribution in [0.4, 0.5) is 8.78 Å². The Morgan fingerprint density at radius 2 is 1.96 bits per heavy atom. The molecule has 0 amide bonds. The summed E-state index contributed by atoms with van der Waals surface area (Å²) in [5.41, 5.74) is 2.33. The molecule has 3 aromatic rings. The first-order valence-corrected chi connectivity index (χ1v) is 9.03. The molecular formula is C20H24F2IN5. The lowest BCUT2D eigenvalue weighted by Gasteiger charge is -2.12. The largest absolute Gasteiger partial charge is 0.357 e. The van der Waals surface area contributed by atoms with Crippen molar-refractivity contribution in [3.05, 3.63) is 66.0 Å². The molecule has 0 aliphatic rings.